The Morgan fingerprint density at radius 2 is 2.05 bits per heavy atom. The highest BCUT2D eigenvalue weighted by Gasteiger charge is 2.12. The number of anilines is 1. The molecule has 0 amide bonds. The molecule has 21 heavy (non-hydrogen) atoms. The molecule has 2 rings (SSSR count). The van der Waals surface area contributed by atoms with Gasteiger partial charge < -0.3 is 9.73 Å². The minimum Gasteiger partial charge on any atom is -0.469 e. The minimum absolute atomic E-state index is 0.211. The molecule has 0 saturated carbocycles. The Bertz CT molecular complexity index is 666. The molecule has 1 heterocycles. The molecule has 1 aromatic carbocycles. The van der Waals surface area contributed by atoms with Gasteiger partial charge >= 0.3 is 0 Å². The van der Waals surface area contributed by atoms with E-state index < -0.39 is 10.0 Å². The molecular weight excluding hydrogens is 288 g/mol. The first kappa shape index (κ1) is 15.6. The van der Waals surface area contributed by atoms with E-state index in [1.165, 1.54) is 7.05 Å². The quantitative estimate of drug-likeness (QED) is 0.825. The number of sulfonamides is 1. The van der Waals surface area contributed by atoms with Gasteiger partial charge in [-0.1, -0.05) is 6.07 Å². The number of benzene rings is 1. The van der Waals surface area contributed by atoms with Crippen LogP contribution in [-0.4, -0.2) is 21.5 Å². The lowest BCUT2D eigenvalue weighted by molar-refractivity contribution is 0.495. The van der Waals surface area contributed by atoms with Gasteiger partial charge in [-0.2, -0.15) is 0 Å². The molecule has 1 unspecified atom stereocenters. The van der Waals surface area contributed by atoms with Crippen molar-refractivity contribution in [2.75, 3.05) is 12.4 Å². The van der Waals surface area contributed by atoms with Gasteiger partial charge in [0.2, 0.25) is 10.0 Å². The Morgan fingerprint density at radius 1 is 1.24 bits per heavy atom. The average Bonchev–Trinajstić information content (AvgIpc) is 2.99. The van der Waals surface area contributed by atoms with Crippen LogP contribution in [0.4, 0.5) is 5.69 Å². The second-order valence-corrected chi connectivity index (χ2v) is 6.79. The summed E-state index contributed by atoms with van der Waals surface area (Å²) in [7, 11) is -2.01. The van der Waals surface area contributed by atoms with Crippen LogP contribution in [0.1, 0.15) is 19.1 Å². The minimum atomic E-state index is -3.41. The van der Waals surface area contributed by atoms with Crippen molar-refractivity contribution in [1.82, 2.24) is 4.72 Å². The van der Waals surface area contributed by atoms with Crippen molar-refractivity contribution < 1.29 is 12.8 Å². The van der Waals surface area contributed by atoms with Crippen LogP contribution in [0.2, 0.25) is 0 Å². The molecule has 0 radical (unpaired) electrons. The van der Waals surface area contributed by atoms with E-state index in [1.54, 1.807) is 24.5 Å². The lowest BCUT2D eigenvalue weighted by atomic mass is 10.1. The molecule has 0 saturated heterocycles. The second kappa shape index (κ2) is 6.78. The molecule has 0 aliphatic rings. The maximum Gasteiger partial charge on any atom is 0.240 e. The lowest BCUT2D eigenvalue weighted by Crippen LogP contribution is -2.19. The van der Waals surface area contributed by atoms with E-state index in [4.69, 9.17) is 4.42 Å². The highest BCUT2D eigenvalue weighted by Crippen LogP contribution is 2.17. The van der Waals surface area contributed by atoms with Crippen molar-refractivity contribution in [2.45, 2.75) is 30.7 Å². The zero-order valence-electron chi connectivity index (χ0n) is 12.2. The predicted octanol–water partition coefficient (Wildman–Crippen LogP) is 2.62. The van der Waals surface area contributed by atoms with E-state index in [2.05, 4.69) is 17.0 Å². The maximum atomic E-state index is 11.8. The largest absolute Gasteiger partial charge is 0.469 e. The molecule has 114 valence electrons. The van der Waals surface area contributed by atoms with Gasteiger partial charge in [-0.25, -0.2) is 13.1 Å². The monoisotopic (exact) mass is 308 g/mol. The van der Waals surface area contributed by atoms with Crippen molar-refractivity contribution in [3.63, 3.8) is 0 Å². The fourth-order valence-electron chi connectivity index (χ4n) is 2.04. The van der Waals surface area contributed by atoms with Crippen LogP contribution in [0.15, 0.2) is 52.0 Å². The third-order valence-corrected chi connectivity index (χ3v) is 4.64. The highest BCUT2D eigenvalue weighted by molar-refractivity contribution is 7.89. The summed E-state index contributed by atoms with van der Waals surface area (Å²) in [6, 6.07) is 10.8. The van der Waals surface area contributed by atoms with E-state index in [0.717, 1.165) is 24.3 Å². The molecule has 1 aromatic heterocycles. The summed E-state index contributed by atoms with van der Waals surface area (Å²) < 4.78 is 31.1. The fraction of sp³-hybridized carbons (Fsp3) is 0.333. The summed E-state index contributed by atoms with van der Waals surface area (Å²) in [5.41, 5.74) is 0.790. The topological polar surface area (TPSA) is 71.3 Å². The number of furan rings is 1. The van der Waals surface area contributed by atoms with E-state index in [-0.39, 0.29) is 10.9 Å². The Morgan fingerprint density at radius 3 is 2.71 bits per heavy atom. The Labute approximate surface area is 125 Å². The number of hydrogen-bond acceptors (Lipinski definition) is 4. The summed E-state index contributed by atoms with van der Waals surface area (Å²) in [4.78, 5) is 0.258. The molecule has 2 N–H and O–H groups in total. The molecule has 5 nitrogen and oxygen atoms in total. The van der Waals surface area contributed by atoms with Crippen molar-refractivity contribution >= 4 is 15.7 Å². The number of aryl methyl sites for hydroxylation is 1. The number of rotatable bonds is 7. The summed E-state index contributed by atoms with van der Waals surface area (Å²) in [6.45, 7) is 2.06. The van der Waals surface area contributed by atoms with Gasteiger partial charge in [0, 0.05) is 18.2 Å². The number of nitrogens with one attached hydrogen (secondary N) is 2. The van der Waals surface area contributed by atoms with Crippen LogP contribution >= 0.6 is 0 Å². The smallest absolute Gasteiger partial charge is 0.240 e. The second-order valence-electron chi connectivity index (χ2n) is 4.90. The van der Waals surface area contributed by atoms with Gasteiger partial charge in [-0.15, -0.1) is 0 Å². The molecule has 0 spiro atoms. The molecule has 0 bridgehead atoms. The van der Waals surface area contributed by atoms with E-state index in [9.17, 15) is 8.42 Å². The first-order valence-electron chi connectivity index (χ1n) is 6.84. The number of hydrogen-bond donors (Lipinski definition) is 2. The normalized spacial score (nSPS) is 13.0. The third-order valence-electron chi connectivity index (χ3n) is 3.23. The van der Waals surface area contributed by atoms with Crippen LogP contribution in [0, 0.1) is 0 Å². The predicted molar refractivity (Wildman–Crippen MR) is 82.8 cm³/mol. The SMILES string of the molecule is CNS(=O)(=O)c1cccc(NC(C)CCc2ccco2)c1. The van der Waals surface area contributed by atoms with Crippen LogP contribution in [0.5, 0.6) is 0 Å². The van der Waals surface area contributed by atoms with Gasteiger partial charge in [0.15, 0.2) is 0 Å². The van der Waals surface area contributed by atoms with Gasteiger partial charge in [0.1, 0.15) is 5.76 Å². The fourth-order valence-corrected chi connectivity index (χ4v) is 2.82. The van der Waals surface area contributed by atoms with Gasteiger partial charge in [-0.05, 0) is 50.7 Å². The van der Waals surface area contributed by atoms with Gasteiger partial charge in [-0.3, -0.25) is 0 Å². The highest BCUT2D eigenvalue weighted by atomic mass is 32.2. The van der Waals surface area contributed by atoms with Crippen molar-refractivity contribution in [1.29, 1.82) is 0 Å². The van der Waals surface area contributed by atoms with Gasteiger partial charge in [0.25, 0.3) is 0 Å². The van der Waals surface area contributed by atoms with Crippen LogP contribution in [0.25, 0.3) is 0 Å². The van der Waals surface area contributed by atoms with Crippen LogP contribution in [-0.2, 0) is 16.4 Å². The standard InChI is InChI=1S/C15H20N2O3S/c1-12(8-9-14-6-4-10-20-14)17-13-5-3-7-15(11-13)21(18,19)16-2/h3-7,10-12,16-17H,8-9H2,1-2H3. The van der Waals surface area contributed by atoms with Crippen molar-refractivity contribution in [3.05, 3.63) is 48.4 Å². The summed E-state index contributed by atoms with van der Waals surface area (Å²) in [6.07, 6.45) is 3.41. The Kier molecular flexibility index (Phi) is 5.03. The molecular formula is C15H20N2O3S. The van der Waals surface area contributed by atoms with Gasteiger partial charge in [0.05, 0.1) is 11.2 Å². The zero-order valence-corrected chi connectivity index (χ0v) is 13.0. The first-order chi connectivity index (χ1) is 10.0. The zero-order chi connectivity index (χ0) is 15.3. The van der Waals surface area contributed by atoms with Crippen molar-refractivity contribution in [2.24, 2.45) is 0 Å². The summed E-state index contributed by atoms with van der Waals surface area (Å²) in [5, 5.41) is 3.31. The maximum absolute atomic E-state index is 11.8. The Balaban J connectivity index is 1.97. The van der Waals surface area contributed by atoms with Crippen molar-refractivity contribution in [3.8, 4) is 0 Å². The molecule has 0 aliphatic carbocycles. The first-order valence-corrected chi connectivity index (χ1v) is 8.32. The van der Waals surface area contributed by atoms with E-state index in [1.807, 2.05) is 18.2 Å². The molecule has 0 aliphatic heterocycles. The third kappa shape index (κ3) is 4.34. The van der Waals surface area contributed by atoms with E-state index >= 15 is 0 Å². The summed E-state index contributed by atoms with van der Waals surface area (Å²) >= 11 is 0. The molecule has 0 fully saturated rings. The average molecular weight is 308 g/mol. The Hall–Kier alpha value is -1.79. The summed E-state index contributed by atoms with van der Waals surface area (Å²) in [5.74, 6) is 0.954. The van der Waals surface area contributed by atoms with E-state index in [0.29, 0.717) is 0 Å². The van der Waals surface area contributed by atoms with Crippen LogP contribution < -0.4 is 10.0 Å². The molecule has 2 aromatic rings. The van der Waals surface area contributed by atoms with Crippen LogP contribution in [0.3, 0.4) is 0 Å². The molecule has 6 heteroatoms. The molecule has 1 atom stereocenters. The lowest BCUT2D eigenvalue weighted by Gasteiger charge is -2.15.